The first kappa shape index (κ1) is 12.0. The second-order valence-electron chi connectivity index (χ2n) is 4.91. The molecule has 1 heterocycles. The average Bonchev–Trinajstić information content (AvgIpc) is 2.89. The van der Waals surface area contributed by atoms with E-state index in [9.17, 15) is 5.11 Å². The topological polar surface area (TPSA) is 71.2 Å². The number of hydrogen-bond acceptors (Lipinski definition) is 5. The molecule has 1 aromatic carbocycles. The molecule has 5 heteroatoms. The van der Waals surface area contributed by atoms with Gasteiger partial charge in [0.05, 0.1) is 5.56 Å². The summed E-state index contributed by atoms with van der Waals surface area (Å²) in [6.07, 6.45) is 6.10. The molecule has 0 atom stereocenters. The van der Waals surface area contributed by atoms with Crippen molar-refractivity contribution in [2.75, 3.05) is 5.32 Å². The molecule has 1 aliphatic carbocycles. The van der Waals surface area contributed by atoms with Gasteiger partial charge in [0, 0.05) is 6.04 Å². The van der Waals surface area contributed by atoms with Gasteiger partial charge in [-0.25, -0.2) is 0 Å². The maximum absolute atomic E-state index is 9.75. The van der Waals surface area contributed by atoms with E-state index in [0.29, 0.717) is 23.5 Å². The second kappa shape index (κ2) is 5.30. The number of nitrogens with zero attached hydrogens (tertiary/aromatic N) is 2. The number of aromatic nitrogens is 2. The van der Waals surface area contributed by atoms with Gasteiger partial charge in [-0.3, -0.25) is 0 Å². The van der Waals surface area contributed by atoms with Crippen LogP contribution in [0, 0.1) is 0 Å². The molecular weight excluding hydrogens is 242 g/mol. The van der Waals surface area contributed by atoms with Crippen LogP contribution in [0.15, 0.2) is 28.7 Å². The smallest absolute Gasteiger partial charge is 0.315 e. The monoisotopic (exact) mass is 259 g/mol. The molecule has 1 saturated carbocycles. The van der Waals surface area contributed by atoms with Crippen LogP contribution in [0.1, 0.15) is 32.1 Å². The van der Waals surface area contributed by atoms with Crippen LogP contribution < -0.4 is 5.32 Å². The third-order valence-corrected chi connectivity index (χ3v) is 3.49. The minimum atomic E-state index is 0.148. The number of nitrogens with one attached hydrogen (secondary N) is 1. The highest BCUT2D eigenvalue weighted by molar-refractivity contribution is 5.62. The van der Waals surface area contributed by atoms with Crippen LogP contribution >= 0.6 is 0 Å². The van der Waals surface area contributed by atoms with Gasteiger partial charge in [-0.15, -0.1) is 5.10 Å². The number of aromatic hydroxyl groups is 1. The zero-order chi connectivity index (χ0) is 13.1. The van der Waals surface area contributed by atoms with Crippen LogP contribution in [0.25, 0.3) is 11.5 Å². The summed E-state index contributed by atoms with van der Waals surface area (Å²) in [4.78, 5) is 0. The molecule has 0 aliphatic heterocycles. The fourth-order valence-electron chi connectivity index (χ4n) is 2.47. The van der Waals surface area contributed by atoms with Gasteiger partial charge < -0.3 is 14.8 Å². The Hall–Kier alpha value is -2.04. The van der Waals surface area contributed by atoms with Gasteiger partial charge in [-0.1, -0.05) is 36.5 Å². The standard InChI is InChI=1S/C14H17N3O2/c18-12-9-5-4-8-11(12)13-16-17-14(19-13)15-10-6-2-1-3-7-10/h4-5,8-10,18H,1-3,6-7H2,(H,15,17). The number of phenolic OH excluding ortho intramolecular Hbond substituents is 1. The summed E-state index contributed by atoms with van der Waals surface area (Å²) in [6, 6.07) is 7.81. The third-order valence-electron chi connectivity index (χ3n) is 3.49. The van der Waals surface area contributed by atoms with E-state index >= 15 is 0 Å². The average molecular weight is 259 g/mol. The van der Waals surface area contributed by atoms with E-state index in [4.69, 9.17) is 4.42 Å². The Labute approximate surface area is 111 Å². The van der Waals surface area contributed by atoms with Gasteiger partial charge in [0.1, 0.15) is 5.75 Å². The molecule has 100 valence electrons. The maximum Gasteiger partial charge on any atom is 0.315 e. The van der Waals surface area contributed by atoms with E-state index in [0.717, 1.165) is 12.8 Å². The van der Waals surface area contributed by atoms with Crippen LogP contribution in [0.3, 0.4) is 0 Å². The van der Waals surface area contributed by atoms with E-state index in [1.165, 1.54) is 19.3 Å². The molecule has 3 rings (SSSR count). The molecule has 1 aliphatic rings. The van der Waals surface area contributed by atoms with Crippen molar-refractivity contribution in [2.24, 2.45) is 0 Å². The minimum Gasteiger partial charge on any atom is -0.507 e. The van der Waals surface area contributed by atoms with Crippen molar-refractivity contribution >= 4 is 6.01 Å². The Kier molecular flexibility index (Phi) is 3.35. The summed E-state index contributed by atoms with van der Waals surface area (Å²) >= 11 is 0. The summed E-state index contributed by atoms with van der Waals surface area (Å²) in [6.45, 7) is 0. The van der Waals surface area contributed by atoms with E-state index < -0.39 is 0 Å². The zero-order valence-corrected chi connectivity index (χ0v) is 10.7. The highest BCUT2D eigenvalue weighted by Crippen LogP contribution is 2.29. The fourth-order valence-corrected chi connectivity index (χ4v) is 2.47. The zero-order valence-electron chi connectivity index (χ0n) is 10.7. The van der Waals surface area contributed by atoms with Crippen molar-refractivity contribution in [1.82, 2.24) is 10.2 Å². The number of hydrogen-bond donors (Lipinski definition) is 2. The molecule has 0 unspecified atom stereocenters. The molecule has 1 aromatic heterocycles. The van der Waals surface area contributed by atoms with Crippen molar-refractivity contribution < 1.29 is 9.52 Å². The highest BCUT2D eigenvalue weighted by atomic mass is 16.4. The first-order valence-corrected chi connectivity index (χ1v) is 6.71. The van der Waals surface area contributed by atoms with Gasteiger partial charge in [-0.05, 0) is 25.0 Å². The first-order chi connectivity index (χ1) is 9.33. The van der Waals surface area contributed by atoms with Gasteiger partial charge in [0.15, 0.2) is 0 Å². The fraction of sp³-hybridized carbons (Fsp3) is 0.429. The largest absolute Gasteiger partial charge is 0.507 e. The van der Waals surface area contributed by atoms with Crippen molar-refractivity contribution in [2.45, 2.75) is 38.1 Å². The van der Waals surface area contributed by atoms with Crippen molar-refractivity contribution in [1.29, 1.82) is 0 Å². The second-order valence-corrected chi connectivity index (χ2v) is 4.91. The van der Waals surface area contributed by atoms with Crippen molar-refractivity contribution in [3.8, 4) is 17.2 Å². The van der Waals surface area contributed by atoms with Crippen molar-refractivity contribution in [3.63, 3.8) is 0 Å². The molecule has 2 N–H and O–H groups in total. The summed E-state index contributed by atoms with van der Waals surface area (Å²) in [5.74, 6) is 0.492. The summed E-state index contributed by atoms with van der Waals surface area (Å²) in [7, 11) is 0. The molecule has 0 amide bonds. The summed E-state index contributed by atoms with van der Waals surface area (Å²) < 4.78 is 5.56. The highest BCUT2D eigenvalue weighted by Gasteiger charge is 2.17. The molecule has 0 spiro atoms. The molecule has 0 bridgehead atoms. The molecule has 2 aromatic rings. The Morgan fingerprint density at radius 3 is 2.68 bits per heavy atom. The van der Waals surface area contributed by atoms with Crippen LogP contribution in [-0.2, 0) is 0 Å². The lowest BCUT2D eigenvalue weighted by atomic mass is 9.96. The van der Waals surface area contributed by atoms with Crippen LogP contribution in [0.2, 0.25) is 0 Å². The number of para-hydroxylation sites is 1. The van der Waals surface area contributed by atoms with Gasteiger partial charge in [0.2, 0.25) is 0 Å². The third kappa shape index (κ3) is 2.70. The Balaban J connectivity index is 1.74. The lowest BCUT2D eigenvalue weighted by Crippen LogP contribution is -2.22. The lowest BCUT2D eigenvalue weighted by molar-refractivity contribution is 0.448. The van der Waals surface area contributed by atoms with Crippen LogP contribution in [-0.4, -0.2) is 21.3 Å². The number of benzene rings is 1. The van der Waals surface area contributed by atoms with E-state index in [-0.39, 0.29) is 5.75 Å². The Morgan fingerprint density at radius 1 is 1.11 bits per heavy atom. The maximum atomic E-state index is 9.75. The molecule has 5 nitrogen and oxygen atoms in total. The molecular formula is C14H17N3O2. The quantitative estimate of drug-likeness (QED) is 0.885. The predicted octanol–water partition coefficient (Wildman–Crippen LogP) is 3.19. The van der Waals surface area contributed by atoms with Gasteiger partial charge in [-0.2, -0.15) is 0 Å². The summed E-state index contributed by atoms with van der Waals surface area (Å²) in [5, 5.41) is 21.0. The summed E-state index contributed by atoms with van der Waals surface area (Å²) in [5.41, 5.74) is 0.562. The molecule has 0 radical (unpaired) electrons. The van der Waals surface area contributed by atoms with Crippen LogP contribution in [0.5, 0.6) is 5.75 Å². The number of phenols is 1. The minimum absolute atomic E-state index is 0.148. The SMILES string of the molecule is Oc1ccccc1-c1nnc(NC2CCCCC2)o1. The molecule has 19 heavy (non-hydrogen) atoms. The lowest BCUT2D eigenvalue weighted by Gasteiger charge is -2.21. The Morgan fingerprint density at radius 2 is 1.89 bits per heavy atom. The molecule has 1 fully saturated rings. The predicted molar refractivity (Wildman–Crippen MR) is 71.9 cm³/mol. The van der Waals surface area contributed by atoms with Gasteiger partial charge >= 0.3 is 6.01 Å². The first-order valence-electron chi connectivity index (χ1n) is 6.71. The normalized spacial score (nSPS) is 16.4. The number of rotatable bonds is 3. The van der Waals surface area contributed by atoms with E-state index in [1.54, 1.807) is 18.2 Å². The Bertz CT molecular complexity index is 547. The van der Waals surface area contributed by atoms with E-state index in [2.05, 4.69) is 15.5 Å². The van der Waals surface area contributed by atoms with Crippen LogP contribution in [0.4, 0.5) is 6.01 Å². The van der Waals surface area contributed by atoms with E-state index in [1.807, 2.05) is 6.07 Å². The molecule has 0 saturated heterocycles. The van der Waals surface area contributed by atoms with Crippen molar-refractivity contribution in [3.05, 3.63) is 24.3 Å². The number of anilines is 1. The van der Waals surface area contributed by atoms with Gasteiger partial charge in [0.25, 0.3) is 5.89 Å².